The van der Waals surface area contributed by atoms with Crippen LogP contribution in [0.3, 0.4) is 0 Å². The third kappa shape index (κ3) is 5.06. The average Bonchev–Trinajstić information content (AvgIpc) is 2.64. The number of carbonyl (C=O) groups excluding carboxylic acids is 1. The molecular weight excluding hydrogens is 290 g/mol. The van der Waals surface area contributed by atoms with E-state index in [9.17, 15) is 4.79 Å². The molecule has 1 aliphatic heterocycles. The van der Waals surface area contributed by atoms with E-state index in [2.05, 4.69) is 6.58 Å². The number of hydrogen-bond donors (Lipinski definition) is 0. The lowest BCUT2D eigenvalue weighted by molar-refractivity contribution is -0.167. The van der Waals surface area contributed by atoms with Gasteiger partial charge in [0.15, 0.2) is 5.03 Å². The maximum absolute atomic E-state index is 11.6. The molecule has 21 heavy (non-hydrogen) atoms. The van der Waals surface area contributed by atoms with Crippen molar-refractivity contribution in [2.24, 2.45) is 0 Å². The largest absolute Gasteiger partial charge is 0.425 e. The van der Waals surface area contributed by atoms with Crippen LogP contribution in [0.1, 0.15) is 20.8 Å². The lowest BCUT2D eigenvalue weighted by Gasteiger charge is -2.26. The summed E-state index contributed by atoms with van der Waals surface area (Å²) in [5, 5.41) is 0.0811. The zero-order chi connectivity index (χ0) is 16.0. The van der Waals surface area contributed by atoms with Gasteiger partial charge in [0.1, 0.15) is 5.70 Å². The van der Waals surface area contributed by atoms with Gasteiger partial charge in [0.2, 0.25) is 6.29 Å². The molecule has 0 spiro atoms. The van der Waals surface area contributed by atoms with E-state index < -0.39 is 12.3 Å². The molecule has 1 aliphatic rings. The first-order valence-electron chi connectivity index (χ1n) is 6.79. The van der Waals surface area contributed by atoms with Crippen molar-refractivity contribution in [3.8, 4) is 0 Å². The summed E-state index contributed by atoms with van der Waals surface area (Å²) in [7, 11) is 1.85. The molecule has 1 atom stereocenters. The van der Waals surface area contributed by atoms with Crippen LogP contribution in [0.15, 0.2) is 47.2 Å². The number of halogens is 1. The highest BCUT2D eigenvalue weighted by molar-refractivity contribution is 6.42. The Morgan fingerprint density at radius 3 is 2.76 bits per heavy atom. The predicted octanol–water partition coefficient (Wildman–Crippen LogP) is 3.37. The third-order valence-corrected chi connectivity index (χ3v) is 3.11. The summed E-state index contributed by atoms with van der Waals surface area (Å²) in [6, 6.07) is 0. The Hall–Kier alpha value is -1.52. The molecule has 0 radical (unpaired) electrons. The predicted molar refractivity (Wildman–Crippen MR) is 84.7 cm³/mol. The van der Waals surface area contributed by atoms with E-state index >= 15 is 0 Å². The maximum atomic E-state index is 11.6. The number of likely N-dealkylation sites (N-methyl/N-ethyl adjacent to an activating group) is 1. The van der Waals surface area contributed by atoms with Gasteiger partial charge in [0, 0.05) is 13.6 Å². The molecule has 1 heterocycles. The van der Waals surface area contributed by atoms with E-state index in [0.29, 0.717) is 12.2 Å². The Kier molecular flexibility index (Phi) is 6.72. The van der Waals surface area contributed by atoms with E-state index in [1.165, 1.54) is 0 Å². The van der Waals surface area contributed by atoms with Crippen LogP contribution in [0.5, 0.6) is 0 Å². The number of hydrogen-bond acceptors (Lipinski definition) is 4. The van der Waals surface area contributed by atoms with E-state index in [4.69, 9.17) is 21.1 Å². The zero-order valence-electron chi connectivity index (χ0n) is 12.9. The van der Waals surface area contributed by atoms with E-state index in [-0.39, 0.29) is 11.1 Å². The summed E-state index contributed by atoms with van der Waals surface area (Å²) in [6.07, 6.45) is 6.63. The second kappa shape index (κ2) is 8.05. The molecule has 0 saturated heterocycles. The minimum Gasteiger partial charge on any atom is -0.425 e. The molecule has 0 saturated carbocycles. The van der Waals surface area contributed by atoms with Crippen LogP contribution in [0, 0.1) is 0 Å². The molecule has 4 nitrogen and oxygen atoms in total. The molecule has 0 aromatic carbocycles. The van der Waals surface area contributed by atoms with Gasteiger partial charge < -0.3 is 14.4 Å². The highest BCUT2D eigenvalue weighted by Gasteiger charge is 2.36. The third-order valence-electron chi connectivity index (χ3n) is 2.76. The van der Waals surface area contributed by atoms with Gasteiger partial charge in [0.05, 0.1) is 6.10 Å². The number of cyclic esters (lactones) is 1. The van der Waals surface area contributed by atoms with Crippen molar-refractivity contribution in [3.63, 3.8) is 0 Å². The Morgan fingerprint density at radius 1 is 1.52 bits per heavy atom. The number of rotatable bonds is 7. The number of carbonyl (C=O) groups is 1. The minimum atomic E-state index is -0.744. The molecule has 0 N–H and O–H groups in total. The molecule has 0 aromatic rings. The Labute approximate surface area is 131 Å². The molecule has 1 rings (SSSR count). The van der Waals surface area contributed by atoms with Gasteiger partial charge in [-0.2, -0.15) is 0 Å². The molecule has 0 aromatic heterocycles. The second-order valence-corrected chi connectivity index (χ2v) is 5.49. The summed E-state index contributed by atoms with van der Waals surface area (Å²) < 4.78 is 10.7. The van der Waals surface area contributed by atoms with Crippen molar-refractivity contribution >= 4 is 17.6 Å². The van der Waals surface area contributed by atoms with Crippen molar-refractivity contribution < 1.29 is 14.3 Å². The number of ether oxygens (including phenoxy) is 2. The Bertz CT molecular complexity index is 492. The van der Waals surface area contributed by atoms with Crippen LogP contribution in [0.2, 0.25) is 0 Å². The molecule has 0 aliphatic carbocycles. The van der Waals surface area contributed by atoms with Crippen LogP contribution in [0.25, 0.3) is 0 Å². The van der Waals surface area contributed by atoms with Gasteiger partial charge in [-0.3, -0.25) is 0 Å². The van der Waals surface area contributed by atoms with Gasteiger partial charge in [0.25, 0.3) is 0 Å². The molecule has 0 bridgehead atoms. The van der Waals surface area contributed by atoms with Crippen molar-refractivity contribution in [1.29, 1.82) is 0 Å². The number of nitrogens with zero attached hydrogens (tertiary/aromatic N) is 1. The topological polar surface area (TPSA) is 38.8 Å². The second-order valence-electron chi connectivity index (χ2n) is 5.11. The molecule has 0 fully saturated rings. The summed E-state index contributed by atoms with van der Waals surface area (Å²) >= 11 is 6.05. The quantitative estimate of drug-likeness (QED) is 0.534. The smallest absolute Gasteiger partial charge is 0.354 e. The highest BCUT2D eigenvalue weighted by atomic mass is 35.5. The first-order chi connectivity index (χ1) is 9.86. The number of esters is 1. The van der Waals surface area contributed by atoms with Crippen molar-refractivity contribution in [2.45, 2.75) is 33.2 Å². The van der Waals surface area contributed by atoms with Crippen molar-refractivity contribution in [1.82, 2.24) is 4.90 Å². The minimum absolute atomic E-state index is 0.0686. The molecular formula is C16H22ClNO3. The molecule has 116 valence electrons. The molecule has 5 heteroatoms. The van der Waals surface area contributed by atoms with Gasteiger partial charge in [-0.05, 0) is 20.8 Å². The Balaban J connectivity index is 2.84. The van der Waals surface area contributed by atoms with Crippen LogP contribution in [-0.2, 0) is 14.3 Å². The zero-order valence-corrected chi connectivity index (χ0v) is 13.7. The van der Waals surface area contributed by atoms with Gasteiger partial charge in [-0.1, -0.05) is 48.1 Å². The summed E-state index contributed by atoms with van der Waals surface area (Å²) in [6.45, 7) is 9.98. The first-order valence-corrected chi connectivity index (χ1v) is 7.16. The fourth-order valence-corrected chi connectivity index (χ4v) is 2.19. The fourth-order valence-electron chi connectivity index (χ4n) is 1.91. The van der Waals surface area contributed by atoms with Gasteiger partial charge in [-0.15, -0.1) is 0 Å². The van der Waals surface area contributed by atoms with Crippen LogP contribution >= 0.6 is 11.6 Å². The van der Waals surface area contributed by atoms with E-state index in [1.54, 1.807) is 6.08 Å². The molecule has 1 unspecified atom stereocenters. The molecule has 0 amide bonds. The van der Waals surface area contributed by atoms with Crippen molar-refractivity contribution in [3.05, 3.63) is 47.2 Å². The average molecular weight is 312 g/mol. The van der Waals surface area contributed by atoms with Crippen LogP contribution in [0.4, 0.5) is 0 Å². The van der Waals surface area contributed by atoms with E-state index in [1.807, 2.05) is 50.9 Å². The van der Waals surface area contributed by atoms with Gasteiger partial charge >= 0.3 is 5.97 Å². The highest BCUT2D eigenvalue weighted by Crippen LogP contribution is 2.29. The Morgan fingerprint density at radius 2 is 2.19 bits per heavy atom. The van der Waals surface area contributed by atoms with Gasteiger partial charge in [-0.25, -0.2) is 4.79 Å². The SMILES string of the molecule is C=C/C=C\C=C(/C)CN(C)C1=C(Cl)C(=O)OC1OC(C)C. The lowest BCUT2D eigenvalue weighted by Crippen LogP contribution is -2.30. The monoisotopic (exact) mass is 311 g/mol. The summed E-state index contributed by atoms with van der Waals surface area (Å²) in [4.78, 5) is 13.5. The van der Waals surface area contributed by atoms with E-state index in [0.717, 1.165) is 5.57 Å². The maximum Gasteiger partial charge on any atom is 0.354 e. The van der Waals surface area contributed by atoms with Crippen LogP contribution < -0.4 is 0 Å². The lowest BCUT2D eigenvalue weighted by atomic mass is 10.2. The summed E-state index contributed by atoms with van der Waals surface area (Å²) in [5.74, 6) is -0.544. The van der Waals surface area contributed by atoms with Crippen LogP contribution in [-0.4, -0.2) is 36.9 Å². The normalized spacial score (nSPS) is 19.6. The summed E-state index contributed by atoms with van der Waals surface area (Å²) in [5.41, 5.74) is 1.67. The van der Waals surface area contributed by atoms with Crippen molar-refractivity contribution in [2.75, 3.05) is 13.6 Å². The standard InChI is InChI=1S/C16H22ClNO3/c1-6-7-8-9-12(4)10-18(5)14-13(17)15(19)21-16(14)20-11(2)3/h6-9,11,16H,1,10H2,2-5H3/b8-7-,12-9+. The fraction of sp³-hybridized carbons (Fsp3) is 0.438. The first kappa shape index (κ1) is 17.5. The number of allylic oxidation sites excluding steroid dienone is 4.